The van der Waals surface area contributed by atoms with Gasteiger partial charge in [0.1, 0.15) is 24.7 Å². The lowest BCUT2D eigenvalue weighted by atomic mass is 9.94. The number of benzene rings is 3. The molecular formula is C35H40Cl2N8O2. The molecule has 2 unspecified atom stereocenters. The van der Waals surface area contributed by atoms with E-state index in [2.05, 4.69) is 49.2 Å². The highest BCUT2D eigenvalue weighted by atomic mass is 35.5. The molecule has 12 heteroatoms. The van der Waals surface area contributed by atoms with Crippen molar-refractivity contribution in [1.82, 2.24) is 29.1 Å². The Bertz CT molecular complexity index is 1840. The monoisotopic (exact) mass is 676 g/mol. The number of ether oxygens (including phenoxy) is 1. The fraction of sp³-hybridized carbons (Fsp3) is 0.371. The number of rotatable bonds is 13. The molecule has 0 N–H and O–H groups in total. The van der Waals surface area contributed by atoms with Crippen LogP contribution in [0.15, 0.2) is 90.5 Å². The number of hydrogen-bond donors (Lipinski definition) is 0. The molecule has 6 rings (SSSR count). The molecule has 0 spiro atoms. The number of aromatic nitrogens is 6. The smallest absolute Gasteiger partial charge is 0.350 e. The Labute approximate surface area is 286 Å². The van der Waals surface area contributed by atoms with Crippen LogP contribution in [0.3, 0.4) is 0 Å². The van der Waals surface area contributed by atoms with Crippen LogP contribution >= 0.6 is 23.2 Å². The van der Waals surface area contributed by atoms with E-state index in [0.717, 1.165) is 55.4 Å². The molecule has 0 amide bonds. The zero-order valence-electron chi connectivity index (χ0n) is 27.7. The van der Waals surface area contributed by atoms with E-state index in [9.17, 15) is 6.17 Å². The number of nitrogens with zero attached hydrogens (tertiary/aromatic N) is 8. The normalized spacial score (nSPS) is 15.7. The number of halogens is 2. The minimum absolute atomic E-state index is 0.0668. The summed E-state index contributed by atoms with van der Waals surface area (Å²) in [6, 6.07) is 21.7. The van der Waals surface area contributed by atoms with Gasteiger partial charge in [0.25, 0.3) is 0 Å². The molecule has 0 radical (unpaired) electrons. The van der Waals surface area contributed by atoms with Crippen LogP contribution in [-0.2, 0) is 6.54 Å². The van der Waals surface area contributed by atoms with Gasteiger partial charge in [-0.1, -0.05) is 36.2 Å². The predicted octanol–water partition coefficient (Wildman–Crippen LogP) is 6.87. The third-order valence-electron chi connectivity index (χ3n) is 8.70. The summed E-state index contributed by atoms with van der Waals surface area (Å²) in [4.78, 5) is 21.6. The first-order valence-electron chi connectivity index (χ1n) is 16.5. The Morgan fingerprint density at radius 2 is 1.55 bits per heavy atom. The van der Waals surface area contributed by atoms with Gasteiger partial charge < -0.3 is 14.5 Å². The Kier molecular flexibility index (Phi) is 10.1. The highest BCUT2D eigenvalue weighted by Crippen LogP contribution is 2.32. The second kappa shape index (κ2) is 15.1. The molecule has 0 aliphatic carbocycles. The quantitative estimate of drug-likeness (QED) is 0.126. The van der Waals surface area contributed by atoms with Crippen molar-refractivity contribution in [2.75, 3.05) is 42.6 Å². The molecule has 10 nitrogen and oxygen atoms in total. The van der Waals surface area contributed by atoms with E-state index < -0.39 is 5.89 Å². The molecule has 5 aromatic rings. The van der Waals surface area contributed by atoms with E-state index >= 15 is 0 Å². The van der Waals surface area contributed by atoms with Gasteiger partial charge in [-0.05, 0) is 92.4 Å². The van der Waals surface area contributed by atoms with Crippen LogP contribution in [0, 0.1) is 0 Å². The van der Waals surface area contributed by atoms with Gasteiger partial charge in [0, 0.05) is 61.4 Å². The van der Waals surface area contributed by atoms with Crippen LogP contribution in [0.1, 0.15) is 52.0 Å². The van der Waals surface area contributed by atoms with Crippen molar-refractivity contribution in [3.8, 4) is 11.4 Å². The van der Waals surface area contributed by atoms with E-state index in [-0.39, 0.29) is 11.7 Å². The summed E-state index contributed by atoms with van der Waals surface area (Å²) in [6.07, 6.45) is 6.69. The lowest BCUT2D eigenvalue weighted by Gasteiger charge is -2.37. The lowest BCUT2D eigenvalue weighted by Crippen LogP contribution is -2.46. The van der Waals surface area contributed by atoms with Crippen molar-refractivity contribution in [2.24, 2.45) is 0 Å². The van der Waals surface area contributed by atoms with Crippen LogP contribution < -0.4 is 20.2 Å². The van der Waals surface area contributed by atoms with Crippen molar-refractivity contribution in [1.29, 1.82) is 0 Å². The SMILES string of the molecule is [3H]C(CCCOc1ccc(N2CCN(c3ccc(-n4cnn(C(C)CC)c4=O)cc3)CC2)cc1)(Cn1cncn1)c1ccc(Cl)cc1Cl. The van der Waals surface area contributed by atoms with Crippen molar-refractivity contribution in [3.05, 3.63) is 112 Å². The van der Waals surface area contributed by atoms with Gasteiger partial charge in [0.15, 0.2) is 0 Å². The maximum atomic E-state index is 12.8. The zero-order valence-corrected chi connectivity index (χ0v) is 28.2. The number of piperazine rings is 1. The average Bonchev–Trinajstić information content (AvgIpc) is 3.76. The van der Waals surface area contributed by atoms with Gasteiger partial charge in [-0.2, -0.15) is 10.2 Å². The minimum Gasteiger partial charge on any atom is -0.494 e. The first-order valence-corrected chi connectivity index (χ1v) is 16.8. The van der Waals surface area contributed by atoms with Gasteiger partial charge in [0.2, 0.25) is 0 Å². The first-order chi connectivity index (χ1) is 23.2. The summed E-state index contributed by atoms with van der Waals surface area (Å²) in [5.41, 5.74) is 3.70. The molecule has 3 aromatic carbocycles. The van der Waals surface area contributed by atoms with Gasteiger partial charge in [0.05, 0.1) is 18.3 Å². The molecule has 246 valence electrons. The van der Waals surface area contributed by atoms with E-state index in [0.29, 0.717) is 41.6 Å². The van der Waals surface area contributed by atoms with Gasteiger partial charge in [-0.25, -0.2) is 19.0 Å². The molecule has 1 aliphatic heterocycles. The largest absolute Gasteiger partial charge is 0.494 e. The third-order valence-corrected chi connectivity index (χ3v) is 9.25. The molecule has 1 saturated heterocycles. The van der Waals surface area contributed by atoms with Gasteiger partial charge >= 0.3 is 5.69 Å². The van der Waals surface area contributed by atoms with Crippen LogP contribution in [0.2, 0.25) is 10.0 Å². The highest BCUT2D eigenvalue weighted by Gasteiger charge is 2.19. The van der Waals surface area contributed by atoms with Crippen LogP contribution in [0.4, 0.5) is 11.4 Å². The minimum atomic E-state index is -1.02. The number of hydrogen-bond acceptors (Lipinski definition) is 7. The zero-order chi connectivity index (χ0) is 33.7. The summed E-state index contributed by atoms with van der Waals surface area (Å²) in [7, 11) is 0. The average molecular weight is 678 g/mol. The molecule has 0 saturated carbocycles. The topological polar surface area (TPSA) is 86.2 Å². The molecule has 2 atom stereocenters. The van der Waals surface area contributed by atoms with E-state index in [4.69, 9.17) is 27.9 Å². The molecule has 3 heterocycles. The second-order valence-corrected chi connectivity index (χ2v) is 12.6. The van der Waals surface area contributed by atoms with Crippen LogP contribution in [0.5, 0.6) is 5.75 Å². The van der Waals surface area contributed by atoms with Gasteiger partial charge in [-0.3, -0.25) is 4.68 Å². The summed E-state index contributed by atoms with van der Waals surface area (Å²) in [5.74, 6) is -0.230. The fourth-order valence-corrected chi connectivity index (χ4v) is 6.37. The molecule has 1 fully saturated rings. The van der Waals surface area contributed by atoms with Crippen molar-refractivity contribution >= 4 is 34.6 Å². The maximum absolute atomic E-state index is 12.8. The molecule has 0 bridgehead atoms. The summed E-state index contributed by atoms with van der Waals surface area (Å²) < 4.78 is 20.2. The van der Waals surface area contributed by atoms with Gasteiger partial charge in [-0.15, -0.1) is 0 Å². The molecule has 1 aliphatic rings. The van der Waals surface area contributed by atoms with E-state index in [1.54, 1.807) is 34.0 Å². The highest BCUT2D eigenvalue weighted by molar-refractivity contribution is 6.35. The summed E-state index contributed by atoms with van der Waals surface area (Å²) in [6.45, 7) is 8.41. The predicted molar refractivity (Wildman–Crippen MR) is 188 cm³/mol. The Morgan fingerprint density at radius 1 is 0.894 bits per heavy atom. The first kappa shape index (κ1) is 31.3. The third kappa shape index (κ3) is 7.82. The summed E-state index contributed by atoms with van der Waals surface area (Å²) >= 11 is 12.6. The van der Waals surface area contributed by atoms with E-state index in [1.807, 2.05) is 44.2 Å². The standard InChI is InChI=1S/C35H40Cl2N8O2/c1-3-26(2)45-35(46)44(25-40-45)31-9-7-29(8-10-31)41-16-18-42(19-17-41)30-11-13-32(14-12-30)47-20-4-5-27(22-43-24-38-23-39-43)33-15-6-28(36)21-34(33)37/h6-15,21,23-27H,3-5,16-20,22H2,1-2H3/i27T. The Hall–Kier alpha value is -4.28. The molecular weight excluding hydrogens is 635 g/mol. The lowest BCUT2D eigenvalue weighted by molar-refractivity contribution is 0.297. The fourth-order valence-electron chi connectivity index (χ4n) is 5.83. The van der Waals surface area contributed by atoms with Crippen LogP contribution in [0.25, 0.3) is 5.69 Å². The number of anilines is 2. The van der Waals surface area contributed by atoms with E-state index in [1.165, 1.54) is 11.0 Å². The Morgan fingerprint density at radius 3 is 2.17 bits per heavy atom. The second-order valence-electron chi connectivity index (χ2n) is 11.7. The summed E-state index contributed by atoms with van der Waals surface area (Å²) in [5, 5.41) is 9.50. The van der Waals surface area contributed by atoms with Crippen molar-refractivity contribution in [2.45, 2.75) is 51.6 Å². The van der Waals surface area contributed by atoms with Crippen molar-refractivity contribution < 1.29 is 6.11 Å². The molecule has 47 heavy (non-hydrogen) atoms. The maximum Gasteiger partial charge on any atom is 0.350 e. The van der Waals surface area contributed by atoms with Crippen molar-refractivity contribution in [3.63, 3.8) is 0 Å². The Balaban J connectivity index is 0.995. The molecule has 2 aromatic heterocycles. The van der Waals surface area contributed by atoms with Crippen LogP contribution in [-0.4, -0.2) is 61.9 Å².